The van der Waals surface area contributed by atoms with E-state index in [-0.39, 0.29) is 4.90 Å². The molecular weight excluding hydrogens is 522 g/mol. The van der Waals surface area contributed by atoms with Crippen LogP contribution in [0.5, 0.6) is 0 Å². The minimum absolute atomic E-state index is 0.201. The average molecular weight is 552 g/mol. The molecule has 0 saturated heterocycles. The van der Waals surface area contributed by atoms with Gasteiger partial charge in [0.05, 0.1) is 4.90 Å². The molecule has 0 aromatic heterocycles. The van der Waals surface area contributed by atoms with Crippen LogP contribution in [-0.2, 0) is 15.7 Å². The topological polar surface area (TPSA) is 125 Å². The maximum absolute atomic E-state index is 12.4. The van der Waals surface area contributed by atoms with E-state index in [1.54, 1.807) is 24.3 Å². The third kappa shape index (κ3) is 5.69. The number of anilines is 5. The van der Waals surface area contributed by atoms with Gasteiger partial charge in [-0.25, -0.2) is 0 Å². The van der Waals surface area contributed by atoms with Crippen LogP contribution in [-0.4, -0.2) is 18.1 Å². The summed E-state index contributed by atoms with van der Waals surface area (Å²) in [6, 6.07) is 36.1. The second-order valence-electron chi connectivity index (χ2n) is 9.56. The molecule has 5 aromatic carbocycles. The van der Waals surface area contributed by atoms with Gasteiger partial charge in [-0.2, -0.15) is 8.42 Å². The monoisotopic (exact) mass is 551 g/mol. The van der Waals surface area contributed by atoms with Crippen molar-refractivity contribution < 1.29 is 18.1 Å². The molecule has 0 aliphatic rings. The SMILES string of the molecule is Cc1cc(C(O)(c2ccc(Nc3ccccc3)cc2)c2ccc(Nc3cccc(S(=O)(=O)O)c3)cc2)ccc1N. The smallest absolute Gasteiger partial charge is 0.294 e. The molecule has 0 spiro atoms. The van der Waals surface area contributed by atoms with Crippen molar-refractivity contribution in [1.29, 1.82) is 0 Å². The fourth-order valence-corrected chi connectivity index (χ4v) is 5.11. The predicted molar refractivity (Wildman–Crippen MR) is 160 cm³/mol. The van der Waals surface area contributed by atoms with Gasteiger partial charge in [-0.05, 0) is 89.8 Å². The van der Waals surface area contributed by atoms with E-state index >= 15 is 0 Å². The summed E-state index contributed by atoms with van der Waals surface area (Å²) in [7, 11) is -4.32. The zero-order valence-corrected chi connectivity index (χ0v) is 22.6. The van der Waals surface area contributed by atoms with Crippen LogP contribution in [0.1, 0.15) is 22.3 Å². The van der Waals surface area contributed by atoms with Crippen molar-refractivity contribution in [2.75, 3.05) is 16.4 Å². The Bertz CT molecular complexity index is 1740. The van der Waals surface area contributed by atoms with Crippen LogP contribution in [0.25, 0.3) is 0 Å². The van der Waals surface area contributed by atoms with Crippen LogP contribution in [0, 0.1) is 6.92 Å². The first kappa shape index (κ1) is 27.0. The fraction of sp³-hybridized carbons (Fsp3) is 0.0625. The lowest BCUT2D eigenvalue weighted by Gasteiger charge is -2.31. The van der Waals surface area contributed by atoms with Crippen LogP contribution >= 0.6 is 0 Å². The lowest BCUT2D eigenvalue weighted by atomic mass is 9.79. The maximum Gasteiger partial charge on any atom is 0.294 e. The van der Waals surface area contributed by atoms with Gasteiger partial charge in [0.1, 0.15) is 5.60 Å². The Morgan fingerprint density at radius 3 is 1.68 bits per heavy atom. The van der Waals surface area contributed by atoms with Gasteiger partial charge in [0.25, 0.3) is 10.1 Å². The number of hydrogen-bond acceptors (Lipinski definition) is 6. The zero-order chi connectivity index (χ0) is 28.3. The van der Waals surface area contributed by atoms with E-state index in [1.165, 1.54) is 18.2 Å². The molecule has 1 unspecified atom stereocenters. The van der Waals surface area contributed by atoms with Crippen LogP contribution in [0.2, 0.25) is 0 Å². The maximum atomic E-state index is 12.4. The zero-order valence-electron chi connectivity index (χ0n) is 21.7. The Hall–Kier alpha value is -4.63. The highest BCUT2D eigenvalue weighted by Gasteiger charge is 2.34. The van der Waals surface area contributed by atoms with Crippen LogP contribution in [0.4, 0.5) is 28.4 Å². The molecule has 202 valence electrons. The Morgan fingerprint density at radius 1 is 0.625 bits per heavy atom. The summed E-state index contributed by atoms with van der Waals surface area (Å²) in [6.45, 7) is 1.90. The van der Waals surface area contributed by atoms with Gasteiger partial charge in [-0.1, -0.05) is 60.7 Å². The number of para-hydroxylation sites is 1. The number of aryl methyl sites for hydroxylation is 1. The third-order valence-electron chi connectivity index (χ3n) is 6.78. The molecule has 7 nitrogen and oxygen atoms in total. The summed E-state index contributed by atoms with van der Waals surface area (Å²) in [5.41, 5.74) is 11.1. The molecule has 0 radical (unpaired) electrons. The number of aliphatic hydroxyl groups is 1. The predicted octanol–water partition coefficient (Wildman–Crippen LogP) is 6.60. The van der Waals surface area contributed by atoms with Gasteiger partial charge >= 0.3 is 0 Å². The first-order valence-electron chi connectivity index (χ1n) is 12.6. The lowest BCUT2D eigenvalue weighted by Crippen LogP contribution is -2.29. The summed E-state index contributed by atoms with van der Waals surface area (Å²) in [5, 5.41) is 18.9. The summed E-state index contributed by atoms with van der Waals surface area (Å²) in [4.78, 5) is -0.201. The summed E-state index contributed by atoms with van der Waals surface area (Å²) >= 11 is 0. The molecule has 5 aromatic rings. The van der Waals surface area contributed by atoms with Crippen molar-refractivity contribution >= 4 is 38.6 Å². The van der Waals surface area contributed by atoms with Crippen LogP contribution in [0.15, 0.2) is 126 Å². The average Bonchev–Trinajstić information content (AvgIpc) is 2.95. The number of benzene rings is 5. The van der Waals surface area contributed by atoms with Crippen LogP contribution < -0.4 is 16.4 Å². The van der Waals surface area contributed by atoms with Crippen LogP contribution in [0.3, 0.4) is 0 Å². The molecule has 0 aliphatic carbocycles. The van der Waals surface area contributed by atoms with E-state index in [2.05, 4.69) is 10.6 Å². The fourth-order valence-electron chi connectivity index (χ4n) is 4.58. The van der Waals surface area contributed by atoms with E-state index in [9.17, 15) is 18.1 Å². The molecule has 40 heavy (non-hydrogen) atoms. The molecule has 0 heterocycles. The van der Waals surface area contributed by atoms with E-state index < -0.39 is 15.7 Å². The molecule has 0 bridgehead atoms. The van der Waals surface area contributed by atoms with Crippen molar-refractivity contribution in [2.45, 2.75) is 17.4 Å². The first-order chi connectivity index (χ1) is 19.1. The van der Waals surface area contributed by atoms with Crippen molar-refractivity contribution in [3.05, 3.63) is 144 Å². The van der Waals surface area contributed by atoms with Gasteiger partial charge in [-0.15, -0.1) is 0 Å². The van der Waals surface area contributed by atoms with Crippen molar-refractivity contribution in [1.82, 2.24) is 0 Å². The largest absolute Gasteiger partial charge is 0.399 e. The van der Waals surface area contributed by atoms with Crippen molar-refractivity contribution in [2.24, 2.45) is 0 Å². The van der Waals surface area contributed by atoms with Gasteiger partial charge < -0.3 is 21.5 Å². The summed E-state index contributed by atoms with van der Waals surface area (Å²) in [5.74, 6) is 0. The minimum atomic E-state index is -4.32. The second kappa shape index (κ2) is 10.9. The van der Waals surface area contributed by atoms with E-state index in [0.717, 1.165) is 16.9 Å². The van der Waals surface area contributed by atoms with E-state index in [0.29, 0.717) is 33.8 Å². The molecule has 0 fully saturated rings. The molecule has 1 atom stereocenters. The highest BCUT2D eigenvalue weighted by atomic mass is 32.2. The highest BCUT2D eigenvalue weighted by Crippen LogP contribution is 2.39. The molecule has 5 rings (SSSR count). The molecule has 0 saturated carbocycles. The minimum Gasteiger partial charge on any atom is -0.399 e. The Balaban J connectivity index is 1.49. The number of hydrogen-bond donors (Lipinski definition) is 5. The Morgan fingerprint density at radius 2 is 1.12 bits per heavy atom. The number of nitrogen functional groups attached to an aromatic ring is 1. The standard InChI is InChI=1S/C32H29N3O4S/c1-22-20-25(14-19-31(22)33)32(36,23-10-15-27(16-11-23)34-26-6-3-2-4-7-26)24-12-17-28(18-13-24)35-29-8-5-9-30(21-29)40(37,38)39/h2-21,34-36H,33H2,1H3,(H,37,38,39). The summed E-state index contributed by atoms with van der Waals surface area (Å²) < 4.78 is 32.4. The van der Waals surface area contributed by atoms with E-state index in [1.807, 2.05) is 85.8 Å². The molecule has 0 amide bonds. The van der Waals surface area contributed by atoms with Gasteiger partial charge in [0, 0.05) is 28.4 Å². The highest BCUT2D eigenvalue weighted by molar-refractivity contribution is 7.85. The Labute approximate surface area is 233 Å². The molecular formula is C32H29N3O4S. The second-order valence-corrected chi connectivity index (χ2v) is 11.0. The number of nitrogens with one attached hydrogen (secondary N) is 2. The van der Waals surface area contributed by atoms with Gasteiger partial charge in [0.15, 0.2) is 0 Å². The summed E-state index contributed by atoms with van der Waals surface area (Å²) in [6.07, 6.45) is 0. The van der Waals surface area contributed by atoms with Crippen molar-refractivity contribution in [3.8, 4) is 0 Å². The molecule has 8 heteroatoms. The number of rotatable bonds is 8. The first-order valence-corrected chi connectivity index (χ1v) is 14.0. The molecule has 0 aliphatic heterocycles. The third-order valence-corrected chi connectivity index (χ3v) is 7.63. The normalized spacial score (nSPS) is 12.9. The van der Waals surface area contributed by atoms with Gasteiger partial charge in [0.2, 0.25) is 0 Å². The van der Waals surface area contributed by atoms with Crippen molar-refractivity contribution in [3.63, 3.8) is 0 Å². The molecule has 6 N–H and O–H groups in total. The lowest BCUT2D eigenvalue weighted by molar-refractivity contribution is 0.125. The number of nitrogens with two attached hydrogens (primary N) is 1. The Kier molecular flexibility index (Phi) is 7.32. The van der Waals surface area contributed by atoms with Gasteiger partial charge in [-0.3, -0.25) is 4.55 Å². The van der Waals surface area contributed by atoms with E-state index in [4.69, 9.17) is 5.73 Å². The quantitative estimate of drug-likeness (QED) is 0.0836.